The van der Waals surface area contributed by atoms with Gasteiger partial charge in [-0.1, -0.05) is 30.1 Å². The van der Waals surface area contributed by atoms with Crippen molar-refractivity contribution in [3.8, 4) is 17.6 Å². The predicted octanol–water partition coefficient (Wildman–Crippen LogP) is 4.12. The molecule has 0 saturated carbocycles. The topological polar surface area (TPSA) is 83.5 Å². The van der Waals surface area contributed by atoms with Crippen molar-refractivity contribution in [1.29, 1.82) is 0 Å². The molecule has 1 fully saturated rings. The Labute approximate surface area is 212 Å². The van der Waals surface area contributed by atoms with E-state index in [1.54, 1.807) is 39.0 Å². The number of hydrogen-bond donors (Lipinski definition) is 1. The van der Waals surface area contributed by atoms with Crippen molar-refractivity contribution in [3.63, 3.8) is 0 Å². The van der Waals surface area contributed by atoms with E-state index < -0.39 is 23.5 Å². The number of halogens is 1. The van der Waals surface area contributed by atoms with Gasteiger partial charge in [0.05, 0.1) is 6.61 Å². The molecule has 3 atom stereocenters. The van der Waals surface area contributed by atoms with Crippen LogP contribution in [-0.4, -0.2) is 60.6 Å². The lowest BCUT2D eigenvalue weighted by Gasteiger charge is -2.20. The first-order chi connectivity index (χ1) is 16.9. The van der Waals surface area contributed by atoms with Crippen molar-refractivity contribution in [1.82, 2.24) is 0 Å². The van der Waals surface area contributed by atoms with Gasteiger partial charge in [-0.15, -0.1) is 0 Å². The summed E-state index contributed by atoms with van der Waals surface area (Å²) in [4.78, 5) is 11.8. The Kier molecular flexibility index (Phi) is 11.3. The van der Waals surface area contributed by atoms with Crippen molar-refractivity contribution in [2.45, 2.75) is 64.3 Å². The predicted molar refractivity (Wildman–Crippen MR) is 134 cm³/mol. The SMILES string of the molecule is CC(C)(C)OC(=O)COC[C@@H]1OC(C)(C)O[C@@H]1C=CC=CC#CC=C[C@H](O)COc1ccc(F)cc1. The Balaban J connectivity index is 1.74. The van der Waals surface area contributed by atoms with E-state index in [1.165, 1.54) is 36.4 Å². The maximum absolute atomic E-state index is 12.9. The molecule has 196 valence electrons. The summed E-state index contributed by atoms with van der Waals surface area (Å²) in [6.07, 6.45) is 8.49. The number of rotatable bonds is 10. The quantitative estimate of drug-likeness (QED) is 0.293. The molecule has 36 heavy (non-hydrogen) atoms. The summed E-state index contributed by atoms with van der Waals surface area (Å²) in [6, 6.07) is 5.56. The van der Waals surface area contributed by atoms with E-state index in [-0.39, 0.29) is 37.8 Å². The first-order valence-corrected chi connectivity index (χ1v) is 11.7. The van der Waals surface area contributed by atoms with Gasteiger partial charge in [0.25, 0.3) is 0 Å². The summed E-state index contributed by atoms with van der Waals surface area (Å²) in [5.74, 6) is 4.54. The fraction of sp³-hybridized carbons (Fsp3) is 0.464. The standard InChI is InChI=1S/C28H35FO7/c1-27(2,3)36-26(31)20-32-19-25-24(34-28(4,5)35-25)13-11-9-7-6-8-10-12-22(30)18-33-23-16-14-21(29)15-17-23/h7,9-17,22,24-25,30H,18-20H2,1-5H3/t22-,24+,25-/m0/s1. The van der Waals surface area contributed by atoms with E-state index in [2.05, 4.69) is 11.8 Å². The van der Waals surface area contributed by atoms with Gasteiger partial charge in [0, 0.05) is 0 Å². The van der Waals surface area contributed by atoms with E-state index in [0.717, 1.165) is 0 Å². The van der Waals surface area contributed by atoms with Crippen LogP contribution in [0.15, 0.2) is 60.7 Å². The Bertz CT molecular complexity index is 978. The second kappa shape index (κ2) is 14.0. The number of esters is 1. The van der Waals surface area contributed by atoms with Crippen molar-refractivity contribution in [2.24, 2.45) is 0 Å². The van der Waals surface area contributed by atoms with E-state index in [9.17, 15) is 14.3 Å². The third-order valence-corrected chi connectivity index (χ3v) is 4.45. The molecule has 7 nitrogen and oxygen atoms in total. The third-order valence-electron chi connectivity index (χ3n) is 4.45. The van der Waals surface area contributed by atoms with Crippen LogP contribution < -0.4 is 4.74 Å². The fourth-order valence-corrected chi connectivity index (χ4v) is 3.09. The van der Waals surface area contributed by atoms with Crippen LogP contribution in [-0.2, 0) is 23.7 Å². The van der Waals surface area contributed by atoms with Gasteiger partial charge in [-0.05, 0) is 77.1 Å². The number of ether oxygens (including phenoxy) is 5. The smallest absolute Gasteiger partial charge is 0.332 e. The first-order valence-electron chi connectivity index (χ1n) is 11.7. The van der Waals surface area contributed by atoms with Gasteiger partial charge in [-0.3, -0.25) is 0 Å². The minimum absolute atomic E-state index is 0.0326. The molecule has 0 amide bonds. The van der Waals surface area contributed by atoms with Crippen molar-refractivity contribution in [3.05, 3.63) is 66.5 Å². The zero-order chi connectivity index (χ0) is 26.6. The van der Waals surface area contributed by atoms with Crippen LogP contribution in [0.3, 0.4) is 0 Å². The summed E-state index contributed by atoms with van der Waals surface area (Å²) < 4.78 is 40.7. The molecule has 0 aliphatic carbocycles. The van der Waals surface area contributed by atoms with Crippen LogP contribution in [0.25, 0.3) is 0 Å². The van der Waals surface area contributed by atoms with E-state index in [0.29, 0.717) is 5.75 Å². The number of aliphatic hydroxyl groups excluding tert-OH is 1. The second-order valence-corrected chi connectivity index (χ2v) is 9.46. The van der Waals surface area contributed by atoms with Crippen LogP contribution in [0.2, 0.25) is 0 Å². The molecular formula is C28H35FO7. The maximum atomic E-state index is 12.9. The van der Waals surface area contributed by atoms with Crippen LogP contribution in [0.5, 0.6) is 5.75 Å². The summed E-state index contributed by atoms with van der Waals surface area (Å²) in [5, 5.41) is 9.89. The third kappa shape index (κ3) is 12.1. The lowest BCUT2D eigenvalue weighted by atomic mass is 10.2. The lowest BCUT2D eigenvalue weighted by Crippen LogP contribution is -2.30. The molecule has 1 aromatic carbocycles. The molecule has 1 heterocycles. The molecule has 0 radical (unpaired) electrons. The van der Waals surface area contributed by atoms with Crippen molar-refractivity contribution in [2.75, 3.05) is 19.8 Å². The second-order valence-electron chi connectivity index (χ2n) is 9.46. The number of hydrogen-bond acceptors (Lipinski definition) is 7. The Morgan fingerprint density at radius 3 is 2.56 bits per heavy atom. The van der Waals surface area contributed by atoms with Crippen molar-refractivity contribution >= 4 is 5.97 Å². The molecule has 1 aliphatic rings. The molecule has 1 N–H and O–H groups in total. The Morgan fingerprint density at radius 1 is 1.17 bits per heavy atom. The van der Waals surface area contributed by atoms with Gasteiger partial charge in [-0.2, -0.15) is 0 Å². The summed E-state index contributed by atoms with van der Waals surface area (Å²) in [5.41, 5.74) is -0.564. The van der Waals surface area contributed by atoms with Crippen LogP contribution in [0, 0.1) is 17.7 Å². The van der Waals surface area contributed by atoms with Crippen LogP contribution in [0.1, 0.15) is 34.6 Å². The molecule has 0 unspecified atom stereocenters. The molecule has 0 bridgehead atoms. The zero-order valence-electron chi connectivity index (χ0n) is 21.4. The van der Waals surface area contributed by atoms with Crippen LogP contribution >= 0.6 is 0 Å². The largest absolute Gasteiger partial charge is 0.491 e. The molecule has 1 aliphatic heterocycles. The average Bonchev–Trinajstić information content (AvgIpc) is 3.07. The van der Waals surface area contributed by atoms with Gasteiger partial charge in [0.1, 0.15) is 48.7 Å². The molecule has 1 saturated heterocycles. The monoisotopic (exact) mass is 502 g/mol. The Hall–Kier alpha value is -2.96. The number of aliphatic hydroxyl groups is 1. The van der Waals surface area contributed by atoms with E-state index in [4.69, 9.17) is 23.7 Å². The lowest BCUT2D eigenvalue weighted by molar-refractivity contribution is -0.164. The summed E-state index contributed by atoms with van der Waals surface area (Å²) in [7, 11) is 0. The Morgan fingerprint density at radius 2 is 1.86 bits per heavy atom. The zero-order valence-corrected chi connectivity index (χ0v) is 21.4. The minimum atomic E-state index is -0.842. The van der Waals surface area contributed by atoms with Crippen LogP contribution in [0.4, 0.5) is 4.39 Å². The van der Waals surface area contributed by atoms with Gasteiger partial charge in [-0.25, -0.2) is 9.18 Å². The van der Waals surface area contributed by atoms with Gasteiger partial charge in [0.2, 0.25) is 0 Å². The highest BCUT2D eigenvalue weighted by Gasteiger charge is 2.40. The average molecular weight is 503 g/mol. The van der Waals surface area contributed by atoms with E-state index >= 15 is 0 Å². The normalized spacial score (nSPS) is 20.5. The highest BCUT2D eigenvalue weighted by molar-refractivity contribution is 5.71. The number of carbonyl (C=O) groups is 1. The molecule has 1 aromatic rings. The number of carbonyl (C=O) groups excluding carboxylic acids is 1. The van der Waals surface area contributed by atoms with Gasteiger partial charge < -0.3 is 28.8 Å². The number of allylic oxidation sites excluding steroid dienone is 4. The molecular weight excluding hydrogens is 467 g/mol. The fourth-order valence-electron chi connectivity index (χ4n) is 3.09. The highest BCUT2D eigenvalue weighted by atomic mass is 19.1. The summed E-state index contributed by atoms with van der Waals surface area (Å²) in [6.45, 7) is 9.07. The van der Waals surface area contributed by atoms with Gasteiger partial charge >= 0.3 is 5.97 Å². The molecule has 0 spiro atoms. The highest BCUT2D eigenvalue weighted by Crippen LogP contribution is 2.29. The van der Waals surface area contributed by atoms with E-state index in [1.807, 2.05) is 19.9 Å². The van der Waals surface area contributed by atoms with Gasteiger partial charge in [0.15, 0.2) is 5.79 Å². The molecule has 0 aromatic heterocycles. The van der Waals surface area contributed by atoms with Crippen molar-refractivity contribution < 1.29 is 38.0 Å². The minimum Gasteiger partial charge on any atom is -0.491 e. The first kappa shape index (κ1) is 29.3. The maximum Gasteiger partial charge on any atom is 0.332 e. The molecule has 2 rings (SSSR count). The summed E-state index contributed by atoms with van der Waals surface area (Å²) >= 11 is 0. The number of benzene rings is 1. The molecule has 8 heteroatoms.